The van der Waals surface area contributed by atoms with Crippen molar-refractivity contribution in [3.05, 3.63) is 65.0 Å². The van der Waals surface area contributed by atoms with Crippen LogP contribution in [0.4, 0.5) is 10.1 Å². The van der Waals surface area contributed by atoms with Crippen LogP contribution in [0, 0.1) is 24.1 Å². The van der Waals surface area contributed by atoms with Crippen molar-refractivity contribution in [1.82, 2.24) is 10.6 Å². The number of guanidine groups is 1. The quantitative estimate of drug-likeness (QED) is 0.632. The maximum atomic E-state index is 14.1. The molecule has 1 aliphatic heterocycles. The van der Waals surface area contributed by atoms with E-state index in [1.54, 1.807) is 19.2 Å². The Morgan fingerprint density at radius 1 is 1.29 bits per heavy atom. The van der Waals surface area contributed by atoms with E-state index in [0.29, 0.717) is 23.6 Å². The molecule has 1 saturated heterocycles. The minimum Gasteiger partial charge on any atom is -0.369 e. The Hall–Kier alpha value is -3.07. The van der Waals surface area contributed by atoms with Crippen molar-refractivity contribution in [2.45, 2.75) is 32.4 Å². The van der Waals surface area contributed by atoms with Gasteiger partial charge in [0.15, 0.2) is 5.96 Å². The van der Waals surface area contributed by atoms with Crippen molar-refractivity contribution in [3.8, 4) is 6.07 Å². The molecule has 5 nitrogen and oxygen atoms in total. The molecule has 3 rings (SSSR count). The van der Waals surface area contributed by atoms with Gasteiger partial charge in [0.25, 0.3) is 0 Å². The van der Waals surface area contributed by atoms with Gasteiger partial charge in [-0.1, -0.05) is 23.8 Å². The molecule has 6 heteroatoms. The Bertz CT molecular complexity index is 869. The molecule has 2 aromatic rings. The fourth-order valence-corrected chi connectivity index (χ4v) is 3.41. The van der Waals surface area contributed by atoms with Gasteiger partial charge in [0, 0.05) is 44.0 Å². The van der Waals surface area contributed by atoms with Gasteiger partial charge in [0.1, 0.15) is 5.82 Å². The van der Waals surface area contributed by atoms with Crippen molar-refractivity contribution in [2.75, 3.05) is 25.0 Å². The third-order valence-corrected chi connectivity index (χ3v) is 5.01. The van der Waals surface area contributed by atoms with Crippen molar-refractivity contribution in [2.24, 2.45) is 4.99 Å². The Morgan fingerprint density at radius 3 is 2.75 bits per heavy atom. The third-order valence-electron chi connectivity index (χ3n) is 5.01. The average molecular weight is 379 g/mol. The van der Waals surface area contributed by atoms with Gasteiger partial charge in [-0.25, -0.2) is 4.39 Å². The zero-order chi connectivity index (χ0) is 19.9. The number of anilines is 1. The van der Waals surface area contributed by atoms with Gasteiger partial charge in [-0.2, -0.15) is 5.26 Å². The Kier molecular flexibility index (Phi) is 6.49. The summed E-state index contributed by atoms with van der Waals surface area (Å²) in [6, 6.07) is 15.3. The molecule has 1 aliphatic rings. The summed E-state index contributed by atoms with van der Waals surface area (Å²) in [6.45, 7) is 4.35. The van der Waals surface area contributed by atoms with Crippen LogP contribution >= 0.6 is 0 Å². The minimum atomic E-state index is -0.384. The number of aliphatic imine (C=N–C) groups is 1. The second-order valence-electron chi connectivity index (χ2n) is 7.11. The summed E-state index contributed by atoms with van der Waals surface area (Å²) in [5, 5.41) is 15.5. The Morgan fingerprint density at radius 2 is 2.07 bits per heavy atom. The molecule has 0 aromatic heterocycles. The van der Waals surface area contributed by atoms with E-state index in [2.05, 4.69) is 51.7 Å². The van der Waals surface area contributed by atoms with Crippen LogP contribution in [0.5, 0.6) is 0 Å². The highest BCUT2D eigenvalue weighted by Crippen LogP contribution is 2.20. The first-order valence-corrected chi connectivity index (χ1v) is 9.56. The number of hydrogen-bond acceptors (Lipinski definition) is 3. The monoisotopic (exact) mass is 379 g/mol. The number of hydrogen-bond donors (Lipinski definition) is 2. The predicted molar refractivity (Wildman–Crippen MR) is 111 cm³/mol. The van der Waals surface area contributed by atoms with Gasteiger partial charge >= 0.3 is 0 Å². The number of benzene rings is 2. The molecule has 0 aliphatic carbocycles. The summed E-state index contributed by atoms with van der Waals surface area (Å²) < 4.78 is 14.1. The van der Waals surface area contributed by atoms with Gasteiger partial charge in [-0.05, 0) is 44.0 Å². The number of piperidine rings is 1. The van der Waals surface area contributed by atoms with Crippen molar-refractivity contribution in [1.29, 1.82) is 5.26 Å². The topological polar surface area (TPSA) is 63.5 Å². The molecule has 2 aromatic carbocycles. The Labute approximate surface area is 165 Å². The lowest BCUT2D eigenvalue weighted by atomic mass is 10.0. The molecule has 1 fully saturated rings. The summed E-state index contributed by atoms with van der Waals surface area (Å²) in [6.07, 6.45) is 2.17. The van der Waals surface area contributed by atoms with Crippen LogP contribution in [0.25, 0.3) is 0 Å². The van der Waals surface area contributed by atoms with Crippen LogP contribution in [0.15, 0.2) is 47.5 Å². The van der Waals surface area contributed by atoms with E-state index in [-0.39, 0.29) is 11.9 Å². The molecule has 1 atom stereocenters. The van der Waals surface area contributed by atoms with E-state index < -0.39 is 0 Å². The van der Waals surface area contributed by atoms with Crippen molar-refractivity contribution < 1.29 is 4.39 Å². The summed E-state index contributed by atoms with van der Waals surface area (Å²) in [4.78, 5) is 6.65. The molecule has 0 radical (unpaired) electrons. The maximum absolute atomic E-state index is 14.1. The van der Waals surface area contributed by atoms with Crippen LogP contribution in [0.2, 0.25) is 0 Å². The normalized spacial score (nSPS) is 17.1. The van der Waals surface area contributed by atoms with E-state index in [1.807, 2.05) is 6.07 Å². The number of nitrogens with zero attached hydrogens (tertiary/aromatic N) is 3. The standard InChI is InChI=1S/C22H26FN5/c1-16-5-9-20(10-6-16)28-11-3-4-19(15-28)27-22(25-2)26-14-18-8-7-17(13-24)12-21(18)23/h5-10,12,19H,3-4,11,14-15H2,1-2H3,(H2,25,26,27). The maximum Gasteiger partial charge on any atom is 0.191 e. The predicted octanol–water partition coefficient (Wildman–Crippen LogP) is 3.34. The van der Waals surface area contributed by atoms with E-state index in [9.17, 15) is 4.39 Å². The highest BCUT2D eigenvalue weighted by atomic mass is 19.1. The lowest BCUT2D eigenvalue weighted by molar-refractivity contribution is 0.467. The minimum absolute atomic E-state index is 0.270. The molecule has 146 valence electrons. The molecule has 0 spiro atoms. The molecule has 1 unspecified atom stereocenters. The molecule has 0 amide bonds. The fraction of sp³-hybridized carbons (Fsp3) is 0.364. The number of halogens is 1. The summed E-state index contributed by atoms with van der Waals surface area (Å²) >= 11 is 0. The first kappa shape index (κ1) is 19.7. The van der Waals surface area contributed by atoms with Crippen LogP contribution in [-0.4, -0.2) is 32.1 Å². The van der Waals surface area contributed by atoms with Crippen LogP contribution < -0.4 is 15.5 Å². The lowest BCUT2D eigenvalue weighted by Gasteiger charge is -2.35. The molecule has 0 bridgehead atoms. The van der Waals surface area contributed by atoms with Gasteiger partial charge in [-0.15, -0.1) is 0 Å². The lowest BCUT2D eigenvalue weighted by Crippen LogP contribution is -2.51. The molecule has 2 N–H and O–H groups in total. The fourth-order valence-electron chi connectivity index (χ4n) is 3.41. The molecule has 28 heavy (non-hydrogen) atoms. The summed E-state index contributed by atoms with van der Waals surface area (Å²) in [5.74, 6) is 0.268. The van der Waals surface area contributed by atoms with Crippen LogP contribution in [-0.2, 0) is 6.54 Å². The smallest absolute Gasteiger partial charge is 0.191 e. The van der Waals surface area contributed by atoms with Gasteiger partial charge in [-0.3, -0.25) is 4.99 Å². The van der Waals surface area contributed by atoms with Gasteiger partial charge in [0.2, 0.25) is 0 Å². The van der Waals surface area contributed by atoms with Gasteiger partial charge < -0.3 is 15.5 Å². The molecular formula is C22H26FN5. The largest absolute Gasteiger partial charge is 0.369 e. The average Bonchev–Trinajstić information content (AvgIpc) is 2.72. The Balaban J connectivity index is 1.57. The number of nitriles is 1. The number of rotatable bonds is 4. The number of nitrogens with one attached hydrogen (secondary N) is 2. The van der Waals surface area contributed by atoms with Crippen LogP contribution in [0.1, 0.15) is 29.5 Å². The summed E-state index contributed by atoms with van der Waals surface area (Å²) in [7, 11) is 1.71. The molecule has 1 heterocycles. The van der Waals surface area contributed by atoms with Crippen LogP contribution in [0.3, 0.4) is 0 Å². The number of aryl methyl sites for hydroxylation is 1. The molecular weight excluding hydrogens is 353 g/mol. The highest BCUT2D eigenvalue weighted by molar-refractivity contribution is 5.80. The zero-order valence-electron chi connectivity index (χ0n) is 16.4. The van der Waals surface area contributed by atoms with E-state index >= 15 is 0 Å². The van der Waals surface area contributed by atoms with E-state index in [1.165, 1.54) is 17.3 Å². The van der Waals surface area contributed by atoms with E-state index in [4.69, 9.17) is 5.26 Å². The highest BCUT2D eigenvalue weighted by Gasteiger charge is 2.21. The second kappa shape index (κ2) is 9.23. The van der Waals surface area contributed by atoms with Gasteiger partial charge in [0.05, 0.1) is 11.6 Å². The SMILES string of the molecule is CN=C(NCc1ccc(C#N)cc1F)NC1CCCN(c2ccc(C)cc2)C1. The zero-order valence-corrected chi connectivity index (χ0v) is 16.4. The first-order valence-electron chi connectivity index (χ1n) is 9.56. The first-order chi connectivity index (χ1) is 13.6. The van der Waals surface area contributed by atoms with Crippen molar-refractivity contribution in [3.63, 3.8) is 0 Å². The third kappa shape index (κ3) is 5.01. The molecule has 0 saturated carbocycles. The summed E-state index contributed by atoms with van der Waals surface area (Å²) in [5.41, 5.74) is 3.32. The van der Waals surface area contributed by atoms with E-state index in [0.717, 1.165) is 25.9 Å². The van der Waals surface area contributed by atoms with Crippen molar-refractivity contribution >= 4 is 11.6 Å². The second-order valence-corrected chi connectivity index (χ2v) is 7.11.